The van der Waals surface area contributed by atoms with Crippen LogP contribution >= 0.6 is 0 Å². The molecule has 29 heavy (non-hydrogen) atoms. The molecule has 0 N–H and O–H groups in total. The summed E-state index contributed by atoms with van der Waals surface area (Å²) in [6.45, 7) is 8.77. The molecule has 0 atom stereocenters. The highest BCUT2D eigenvalue weighted by atomic mass is 32.2. The first-order valence-electron chi connectivity index (χ1n) is 10.1. The number of rotatable bonds is 5. The fourth-order valence-corrected chi connectivity index (χ4v) is 4.95. The third kappa shape index (κ3) is 4.87. The van der Waals surface area contributed by atoms with Crippen molar-refractivity contribution >= 4 is 16.0 Å². The minimum absolute atomic E-state index is 0.286. The molecule has 6 heteroatoms. The summed E-state index contributed by atoms with van der Waals surface area (Å²) in [4.78, 5) is 12.8. The highest BCUT2D eigenvalue weighted by molar-refractivity contribution is 7.89. The lowest BCUT2D eigenvalue weighted by molar-refractivity contribution is -0.140. The number of hydrogen-bond acceptors (Lipinski definition) is 4. The lowest BCUT2D eigenvalue weighted by Crippen LogP contribution is -2.41. The molecule has 2 aromatic rings. The monoisotopic (exact) mass is 415 g/mol. The summed E-state index contributed by atoms with van der Waals surface area (Å²) in [6.07, 6.45) is 0.931. The van der Waals surface area contributed by atoms with Crippen LogP contribution in [0.15, 0.2) is 47.4 Å². The summed E-state index contributed by atoms with van der Waals surface area (Å²) in [5, 5.41) is 0. The Labute approximate surface area is 173 Å². The Balaban J connectivity index is 1.61. The van der Waals surface area contributed by atoms with Crippen molar-refractivity contribution < 1.29 is 17.9 Å². The van der Waals surface area contributed by atoms with Crippen molar-refractivity contribution in [1.82, 2.24) is 4.31 Å². The van der Waals surface area contributed by atoms with Crippen LogP contribution in [-0.4, -0.2) is 31.8 Å². The Morgan fingerprint density at radius 2 is 1.62 bits per heavy atom. The number of ether oxygens (including phenoxy) is 1. The van der Waals surface area contributed by atoms with E-state index in [1.165, 1.54) is 4.31 Å². The second-order valence-corrected chi connectivity index (χ2v) is 10.0. The van der Waals surface area contributed by atoms with E-state index in [2.05, 4.69) is 13.8 Å². The maximum atomic E-state index is 12.9. The number of esters is 1. The molecule has 156 valence electrons. The quantitative estimate of drug-likeness (QED) is 0.535. The fraction of sp³-hybridized carbons (Fsp3) is 0.435. The van der Waals surface area contributed by atoms with Crippen LogP contribution in [0, 0.1) is 19.8 Å². The van der Waals surface area contributed by atoms with Crippen molar-refractivity contribution in [3.63, 3.8) is 0 Å². The zero-order chi connectivity index (χ0) is 21.2. The van der Waals surface area contributed by atoms with Crippen molar-refractivity contribution in [1.29, 1.82) is 0 Å². The predicted octanol–water partition coefficient (Wildman–Crippen LogP) is 4.43. The molecule has 0 saturated carbocycles. The molecule has 0 radical (unpaired) electrons. The van der Waals surface area contributed by atoms with E-state index in [0.717, 1.165) is 16.7 Å². The van der Waals surface area contributed by atoms with Crippen LogP contribution < -0.4 is 4.74 Å². The third-order valence-corrected chi connectivity index (χ3v) is 7.58. The highest BCUT2D eigenvalue weighted by Crippen LogP contribution is 2.27. The van der Waals surface area contributed by atoms with Crippen molar-refractivity contribution in [3.05, 3.63) is 59.2 Å². The molecule has 0 bridgehead atoms. The molecule has 2 aromatic carbocycles. The number of hydrogen-bond donors (Lipinski definition) is 0. The summed E-state index contributed by atoms with van der Waals surface area (Å²) in [5.41, 5.74) is 3.32. The van der Waals surface area contributed by atoms with E-state index in [9.17, 15) is 13.2 Å². The first-order valence-corrected chi connectivity index (χ1v) is 11.5. The molecule has 0 aromatic heterocycles. The van der Waals surface area contributed by atoms with Gasteiger partial charge in [-0.1, -0.05) is 32.0 Å². The number of nitrogens with zero attached hydrogens (tertiary/aromatic N) is 1. The second kappa shape index (κ2) is 8.67. The fourth-order valence-electron chi connectivity index (χ4n) is 3.48. The van der Waals surface area contributed by atoms with Crippen molar-refractivity contribution in [2.24, 2.45) is 5.92 Å². The van der Waals surface area contributed by atoms with Gasteiger partial charge in [-0.3, -0.25) is 4.79 Å². The van der Waals surface area contributed by atoms with Crippen LogP contribution in [0.5, 0.6) is 5.75 Å². The molecule has 1 aliphatic rings. The first kappa shape index (κ1) is 21.5. The van der Waals surface area contributed by atoms with Crippen LogP contribution in [0.4, 0.5) is 0 Å². The maximum Gasteiger partial charge on any atom is 0.314 e. The number of carbonyl (C=O) groups excluding carboxylic acids is 1. The van der Waals surface area contributed by atoms with Crippen LogP contribution in [0.25, 0.3) is 0 Å². The smallest absolute Gasteiger partial charge is 0.314 e. The maximum absolute atomic E-state index is 12.9. The standard InChI is InChI=1S/C23H29NO4S/c1-16(2)19-6-9-22(10-7-19)29(26,27)24-13-11-20(12-14-24)23(25)28-21-8-5-17(3)18(4)15-21/h5-10,15-16,20H,11-14H2,1-4H3. The minimum Gasteiger partial charge on any atom is -0.426 e. The van der Waals surface area contributed by atoms with Crippen LogP contribution in [0.2, 0.25) is 0 Å². The van der Waals surface area contributed by atoms with Gasteiger partial charge in [0.25, 0.3) is 0 Å². The van der Waals surface area contributed by atoms with E-state index in [-0.39, 0.29) is 11.9 Å². The van der Waals surface area contributed by atoms with Crippen molar-refractivity contribution in [2.75, 3.05) is 13.1 Å². The lowest BCUT2D eigenvalue weighted by atomic mass is 9.98. The third-order valence-electron chi connectivity index (χ3n) is 5.67. The van der Waals surface area contributed by atoms with Gasteiger partial charge in [-0.05, 0) is 73.6 Å². The topological polar surface area (TPSA) is 63.7 Å². The van der Waals surface area contributed by atoms with Gasteiger partial charge in [-0.15, -0.1) is 0 Å². The number of piperidine rings is 1. The normalized spacial score (nSPS) is 16.2. The van der Waals surface area contributed by atoms with Gasteiger partial charge >= 0.3 is 5.97 Å². The molecular formula is C23H29NO4S. The molecule has 0 spiro atoms. The average molecular weight is 416 g/mol. The van der Waals surface area contributed by atoms with E-state index in [1.807, 2.05) is 38.1 Å². The van der Waals surface area contributed by atoms with Crippen LogP contribution in [0.3, 0.4) is 0 Å². The van der Waals surface area contributed by atoms with E-state index in [1.54, 1.807) is 18.2 Å². The number of sulfonamides is 1. The van der Waals surface area contributed by atoms with Gasteiger partial charge in [0, 0.05) is 13.1 Å². The number of benzene rings is 2. The Bertz CT molecular complexity index is 972. The SMILES string of the molecule is Cc1ccc(OC(=O)C2CCN(S(=O)(=O)c3ccc(C(C)C)cc3)CC2)cc1C. The number of carbonyl (C=O) groups is 1. The molecular weight excluding hydrogens is 386 g/mol. The Hall–Kier alpha value is -2.18. The second-order valence-electron chi connectivity index (χ2n) is 8.07. The van der Waals surface area contributed by atoms with E-state index in [0.29, 0.717) is 42.5 Å². The van der Waals surface area contributed by atoms with Gasteiger partial charge in [0.15, 0.2) is 0 Å². The Morgan fingerprint density at radius 3 is 2.17 bits per heavy atom. The zero-order valence-corrected chi connectivity index (χ0v) is 18.3. The molecule has 3 rings (SSSR count). The van der Waals surface area contributed by atoms with Gasteiger partial charge in [0.05, 0.1) is 10.8 Å². The molecule has 0 unspecified atom stereocenters. The summed E-state index contributed by atoms with van der Waals surface area (Å²) in [6, 6.07) is 12.7. The first-order chi connectivity index (χ1) is 13.7. The van der Waals surface area contributed by atoms with Gasteiger partial charge in [-0.2, -0.15) is 4.31 Å². The molecule has 1 heterocycles. The highest BCUT2D eigenvalue weighted by Gasteiger charge is 2.33. The van der Waals surface area contributed by atoms with E-state index < -0.39 is 10.0 Å². The van der Waals surface area contributed by atoms with E-state index in [4.69, 9.17) is 4.74 Å². The molecule has 1 aliphatic heterocycles. The molecule has 5 nitrogen and oxygen atoms in total. The number of aryl methyl sites for hydroxylation is 2. The van der Waals surface area contributed by atoms with Gasteiger partial charge < -0.3 is 4.74 Å². The van der Waals surface area contributed by atoms with Gasteiger partial charge in [0.1, 0.15) is 5.75 Å². The van der Waals surface area contributed by atoms with Crippen LogP contribution in [0.1, 0.15) is 49.3 Å². The largest absolute Gasteiger partial charge is 0.426 e. The Kier molecular flexibility index (Phi) is 6.44. The van der Waals surface area contributed by atoms with Gasteiger partial charge in [0.2, 0.25) is 10.0 Å². The summed E-state index contributed by atoms with van der Waals surface area (Å²) >= 11 is 0. The molecule has 1 fully saturated rings. The van der Waals surface area contributed by atoms with Crippen molar-refractivity contribution in [3.8, 4) is 5.75 Å². The van der Waals surface area contributed by atoms with Crippen molar-refractivity contribution in [2.45, 2.75) is 51.3 Å². The zero-order valence-electron chi connectivity index (χ0n) is 17.5. The van der Waals surface area contributed by atoms with Gasteiger partial charge in [-0.25, -0.2) is 8.42 Å². The molecule has 0 aliphatic carbocycles. The molecule has 0 amide bonds. The van der Waals surface area contributed by atoms with Crippen LogP contribution in [-0.2, 0) is 14.8 Å². The molecule has 1 saturated heterocycles. The summed E-state index contributed by atoms with van der Waals surface area (Å²) < 4.78 is 32.8. The summed E-state index contributed by atoms with van der Waals surface area (Å²) in [5.74, 6) is 0.321. The van der Waals surface area contributed by atoms with E-state index >= 15 is 0 Å². The summed E-state index contributed by atoms with van der Waals surface area (Å²) in [7, 11) is -3.54. The Morgan fingerprint density at radius 1 is 1.00 bits per heavy atom. The minimum atomic E-state index is -3.54. The lowest BCUT2D eigenvalue weighted by Gasteiger charge is -2.30. The predicted molar refractivity (Wildman–Crippen MR) is 114 cm³/mol. The average Bonchev–Trinajstić information content (AvgIpc) is 2.71.